The van der Waals surface area contributed by atoms with Gasteiger partial charge in [0.2, 0.25) is 0 Å². The maximum absolute atomic E-state index is 14.1. The summed E-state index contributed by atoms with van der Waals surface area (Å²) in [6.07, 6.45) is 1.19. The molecule has 0 saturated carbocycles. The molecule has 3 aromatic carbocycles. The standard InChI is InChI=1S/C20H14F4O2/c1-2-3-11-6-17(23)19(18(24)7-11)20(25)26-14-5-4-12-9-15(21)16(22)10-13(12)8-14/h4-10H,2-3H2,1H3. The van der Waals surface area contributed by atoms with Crippen molar-refractivity contribution in [1.82, 2.24) is 0 Å². The molecular formula is C20H14F4O2. The van der Waals surface area contributed by atoms with Crippen LogP contribution in [0, 0.1) is 23.3 Å². The van der Waals surface area contributed by atoms with Gasteiger partial charge in [0.05, 0.1) is 0 Å². The number of hydrogen-bond acceptors (Lipinski definition) is 2. The Morgan fingerprint density at radius 1 is 0.846 bits per heavy atom. The minimum absolute atomic E-state index is 0.0371. The average molecular weight is 362 g/mol. The number of carbonyl (C=O) groups excluding carboxylic acids is 1. The van der Waals surface area contributed by atoms with Gasteiger partial charge in [-0.05, 0) is 59.2 Å². The zero-order chi connectivity index (χ0) is 18.8. The lowest BCUT2D eigenvalue weighted by atomic mass is 10.1. The molecule has 0 saturated heterocycles. The average Bonchev–Trinajstić information content (AvgIpc) is 2.56. The summed E-state index contributed by atoms with van der Waals surface area (Å²) in [6.45, 7) is 1.87. The van der Waals surface area contributed by atoms with Crippen molar-refractivity contribution in [3.63, 3.8) is 0 Å². The number of hydrogen-bond donors (Lipinski definition) is 0. The summed E-state index contributed by atoms with van der Waals surface area (Å²) in [5.41, 5.74) is -0.350. The van der Waals surface area contributed by atoms with Crippen LogP contribution in [0.4, 0.5) is 17.6 Å². The molecule has 0 amide bonds. The van der Waals surface area contributed by atoms with Gasteiger partial charge in [-0.2, -0.15) is 0 Å². The molecule has 0 spiro atoms. The topological polar surface area (TPSA) is 26.3 Å². The fraction of sp³-hybridized carbons (Fsp3) is 0.150. The molecular weight excluding hydrogens is 348 g/mol. The van der Waals surface area contributed by atoms with Crippen molar-refractivity contribution >= 4 is 16.7 Å². The quantitative estimate of drug-likeness (QED) is 0.345. The third kappa shape index (κ3) is 3.54. The van der Waals surface area contributed by atoms with Crippen LogP contribution >= 0.6 is 0 Å². The molecule has 0 aliphatic rings. The highest BCUT2D eigenvalue weighted by Crippen LogP contribution is 2.25. The Labute approximate surface area is 147 Å². The molecule has 134 valence electrons. The number of aryl methyl sites for hydroxylation is 1. The molecule has 0 aliphatic carbocycles. The second kappa shape index (κ2) is 7.15. The maximum atomic E-state index is 14.1. The highest BCUT2D eigenvalue weighted by Gasteiger charge is 2.21. The summed E-state index contributed by atoms with van der Waals surface area (Å²) in [5.74, 6) is -5.31. The first kappa shape index (κ1) is 17.9. The zero-order valence-corrected chi connectivity index (χ0v) is 13.8. The van der Waals surface area contributed by atoms with E-state index in [4.69, 9.17) is 4.74 Å². The highest BCUT2D eigenvalue weighted by atomic mass is 19.2. The minimum atomic E-state index is -1.20. The lowest BCUT2D eigenvalue weighted by molar-refractivity contribution is 0.0725. The molecule has 0 aliphatic heterocycles. The number of fused-ring (bicyclic) bond motifs is 1. The molecule has 2 nitrogen and oxygen atoms in total. The van der Waals surface area contributed by atoms with E-state index in [1.54, 1.807) is 0 Å². The van der Waals surface area contributed by atoms with Crippen molar-refractivity contribution < 1.29 is 27.1 Å². The molecule has 0 atom stereocenters. The van der Waals surface area contributed by atoms with Gasteiger partial charge in [-0.1, -0.05) is 19.4 Å². The molecule has 3 rings (SSSR count). The van der Waals surface area contributed by atoms with Crippen molar-refractivity contribution in [2.45, 2.75) is 19.8 Å². The SMILES string of the molecule is CCCc1cc(F)c(C(=O)Oc2ccc3cc(F)c(F)cc3c2)c(F)c1. The molecule has 0 bridgehead atoms. The van der Waals surface area contributed by atoms with Gasteiger partial charge in [0, 0.05) is 0 Å². The van der Waals surface area contributed by atoms with E-state index in [2.05, 4.69) is 0 Å². The summed E-state index contributed by atoms with van der Waals surface area (Å²) in [6, 6.07) is 8.18. The van der Waals surface area contributed by atoms with E-state index >= 15 is 0 Å². The van der Waals surface area contributed by atoms with E-state index in [0.717, 1.165) is 24.3 Å². The lowest BCUT2D eigenvalue weighted by Crippen LogP contribution is -2.13. The predicted octanol–water partition coefficient (Wildman–Crippen LogP) is 5.57. The number of esters is 1. The van der Waals surface area contributed by atoms with Gasteiger partial charge < -0.3 is 4.74 Å². The lowest BCUT2D eigenvalue weighted by Gasteiger charge is -2.09. The molecule has 26 heavy (non-hydrogen) atoms. The highest BCUT2D eigenvalue weighted by molar-refractivity contribution is 5.92. The molecule has 0 radical (unpaired) electrons. The van der Waals surface area contributed by atoms with Crippen LogP contribution in [0.25, 0.3) is 10.8 Å². The number of carbonyl (C=O) groups is 1. The zero-order valence-electron chi connectivity index (χ0n) is 13.8. The van der Waals surface area contributed by atoms with Crippen LogP contribution in [0.1, 0.15) is 29.3 Å². The van der Waals surface area contributed by atoms with Crippen LogP contribution in [0.2, 0.25) is 0 Å². The first-order chi connectivity index (χ1) is 12.4. The van der Waals surface area contributed by atoms with Gasteiger partial charge in [-0.25, -0.2) is 22.4 Å². The van der Waals surface area contributed by atoms with Crippen LogP contribution in [0.5, 0.6) is 5.75 Å². The van der Waals surface area contributed by atoms with Gasteiger partial charge in [0.15, 0.2) is 11.6 Å². The normalized spacial score (nSPS) is 11.0. The van der Waals surface area contributed by atoms with Crippen molar-refractivity contribution in [3.05, 3.63) is 76.9 Å². The first-order valence-corrected chi connectivity index (χ1v) is 7.98. The van der Waals surface area contributed by atoms with Gasteiger partial charge >= 0.3 is 5.97 Å². The van der Waals surface area contributed by atoms with Crippen molar-refractivity contribution in [2.75, 3.05) is 0 Å². The Morgan fingerprint density at radius 2 is 1.46 bits per heavy atom. The molecule has 0 aromatic heterocycles. The fourth-order valence-corrected chi connectivity index (χ4v) is 2.70. The molecule has 0 N–H and O–H groups in total. The van der Waals surface area contributed by atoms with Crippen molar-refractivity contribution in [3.8, 4) is 5.75 Å². The van der Waals surface area contributed by atoms with Crippen LogP contribution < -0.4 is 4.74 Å². The van der Waals surface area contributed by atoms with E-state index in [-0.39, 0.29) is 11.1 Å². The predicted molar refractivity (Wildman–Crippen MR) is 89.2 cm³/mol. The van der Waals surface area contributed by atoms with Gasteiger partial charge in [-0.15, -0.1) is 0 Å². The van der Waals surface area contributed by atoms with E-state index in [0.29, 0.717) is 23.8 Å². The Kier molecular flexibility index (Phi) is 4.93. The third-order valence-electron chi connectivity index (χ3n) is 3.91. The minimum Gasteiger partial charge on any atom is -0.423 e. The molecule has 0 fully saturated rings. The number of halogens is 4. The summed E-state index contributed by atoms with van der Waals surface area (Å²) < 4.78 is 59.8. The van der Waals surface area contributed by atoms with E-state index in [9.17, 15) is 22.4 Å². The first-order valence-electron chi connectivity index (χ1n) is 7.98. The van der Waals surface area contributed by atoms with Crippen LogP contribution in [-0.4, -0.2) is 5.97 Å². The molecule has 0 heterocycles. The van der Waals surface area contributed by atoms with Crippen LogP contribution in [0.3, 0.4) is 0 Å². The fourth-order valence-electron chi connectivity index (χ4n) is 2.70. The summed E-state index contributed by atoms with van der Waals surface area (Å²) >= 11 is 0. The second-order valence-corrected chi connectivity index (χ2v) is 5.85. The number of benzene rings is 3. The third-order valence-corrected chi connectivity index (χ3v) is 3.91. The maximum Gasteiger partial charge on any atom is 0.349 e. The van der Waals surface area contributed by atoms with E-state index in [1.165, 1.54) is 18.2 Å². The Balaban J connectivity index is 1.90. The van der Waals surface area contributed by atoms with Gasteiger partial charge in [0.25, 0.3) is 0 Å². The Morgan fingerprint density at radius 3 is 2.08 bits per heavy atom. The Hall–Kier alpha value is -2.89. The molecule has 6 heteroatoms. The second-order valence-electron chi connectivity index (χ2n) is 5.85. The van der Waals surface area contributed by atoms with Crippen LogP contribution in [-0.2, 0) is 6.42 Å². The van der Waals surface area contributed by atoms with E-state index in [1.807, 2.05) is 6.92 Å². The molecule has 0 unspecified atom stereocenters. The molecule has 3 aromatic rings. The summed E-state index contributed by atoms with van der Waals surface area (Å²) in [7, 11) is 0. The van der Waals surface area contributed by atoms with Crippen molar-refractivity contribution in [2.24, 2.45) is 0 Å². The number of rotatable bonds is 4. The van der Waals surface area contributed by atoms with Gasteiger partial charge in [-0.3, -0.25) is 0 Å². The monoisotopic (exact) mass is 362 g/mol. The number of ether oxygens (including phenoxy) is 1. The Bertz CT molecular complexity index is 976. The largest absolute Gasteiger partial charge is 0.423 e. The van der Waals surface area contributed by atoms with E-state index < -0.39 is 34.8 Å². The van der Waals surface area contributed by atoms with Crippen molar-refractivity contribution in [1.29, 1.82) is 0 Å². The van der Waals surface area contributed by atoms with Crippen LogP contribution in [0.15, 0.2) is 42.5 Å². The van der Waals surface area contributed by atoms with Gasteiger partial charge in [0.1, 0.15) is 22.9 Å². The smallest absolute Gasteiger partial charge is 0.349 e. The summed E-state index contributed by atoms with van der Waals surface area (Å²) in [4.78, 5) is 12.1. The summed E-state index contributed by atoms with van der Waals surface area (Å²) in [5, 5.41) is 0.679.